The average Bonchev–Trinajstić information content (AvgIpc) is 2.89. The molecule has 3 aromatic rings. The Morgan fingerprint density at radius 3 is 2.28 bits per heavy atom. The van der Waals surface area contributed by atoms with E-state index in [4.69, 9.17) is 4.74 Å². The molecule has 2 unspecified atom stereocenters. The van der Waals surface area contributed by atoms with E-state index in [0.29, 0.717) is 25.0 Å². The van der Waals surface area contributed by atoms with Crippen molar-refractivity contribution < 1.29 is 19.4 Å². The van der Waals surface area contributed by atoms with Crippen LogP contribution in [0, 0.1) is 6.92 Å². The highest BCUT2D eigenvalue weighted by atomic mass is 16.5. The molecule has 1 amide bonds. The fraction of sp³-hybridized carbons (Fsp3) is 0.355. The molecule has 0 radical (unpaired) electrons. The van der Waals surface area contributed by atoms with Crippen molar-refractivity contribution >= 4 is 11.9 Å². The van der Waals surface area contributed by atoms with Crippen molar-refractivity contribution in [1.29, 1.82) is 0 Å². The minimum Gasteiger partial charge on any atom is -0.480 e. The maximum absolute atomic E-state index is 13.2. The van der Waals surface area contributed by atoms with Gasteiger partial charge >= 0.3 is 5.97 Å². The van der Waals surface area contributed by atoms with Crippen LogP contribution in [0.2, 0.25) is 0 Å². The van der Waals surface area contributed by atoms with Gasteiger partial charge in [-0.2, -0.15) is 0 Å². The molecule has 2 N–H and O–H groups in total. The number of carbonyl (C=O) groups is 2. The Balaban J connectivity index is 1.90. The third kappa shape index (κ3) is 7.28. The summed E-state index contributed by atoms with van der Waals surface area (Å²) in [6.45, 7) is 6.50. The summed E-state index contributed by atoms with van der Waals surface area (Å²) in [5.41, 5.74) is 5.34. The molecular weight excluding hydrogens is 450 g/mol. The zero-order chi connectivity index (χ0) is 25.9. The molecule has 0 aliphatic rings. The Kier molecular flexibility index (Phi) is 10.3. The molecule has 36 heavy (non-hydrogen) atoms. The van der Waals surface area contributed by atoms with Gasteiger partial charge in [-0.05, 0) is 59.7 Å². The zero-order valence-corrected chi connectivity index (χ0v) is 21.5. The Labute approximate surface area is 214 Å². The maximum Gasteiger partial charge on any atom is 0.326 e. The van der Waals surface area contributed by atoms with Crippen LogP contribution >= 0.6 is 0 Å². The molecule has 5 nitrogen and oxygen atoms in total. The first kappa shape index (κ1) is 27.2. The second kappa shape index (κ2) is 13.6. The van der Waals surface area contributed by atoms with Gasteiger partial charge in [-0.15, -0.1) is 0 Å². The van der Waals surface area contributed by atoms with Crippen molar-refractivity contribution in [1.82, 2.24) is 5.32 Å². The number of nitrogens with one attached hydrogen (secondary N) is 1. The van der Waals surface area contributed by atoms with Crippen molar-refractivity contribution in [2.24, 2.45) is 0 Å². The molecule has 2 atom stereocenters. The zero-order valence-electron chi connectivity index (χ0n) is 21.5. The van der Waals surface area contributed by atoms with Crippen LogP contribution in [0.4, 0.5) is 0 Å². The summed E-state index contributed by atoms with van der Waals surface area (Å²) in [7, 11) is 0. The fourth-order valence-electron chi connectivity index (χ4n) is 4.36. The number of amides is 1. The lowest BCUT2D eigenvalue weighted by Crippen LogP contribution is -2.40. The second-order valence-corrected chi connectivity index (χ2v) is 9.20. The van der Waals surface area contributed by atoms with Gasteiger partial charge in [-0.25, -0.2) is 4.79 Å². The summed E-state index contributed by atoms with van der Waals surface area (Å²) in [6.07, 6.45) is 4.17. The van der Waals surface area contributed by atoms with Gasteiger partial charge in [0.15, 0.2) is 0 Å². The van der Waals surface area contributed by atoms with Crippen molar-refractivity contribution in [2.75, 3.05) is 0 Å². The van der Waals surface area contributed by atoms with E-state index in [1.807, 2.05) is 68.4 Å². The van der Waals surface area contributed by atoms with Crippen LogP contribution in [0.3, 0.4) is 0 Å². The van der Waals surface area contributed by atoms with Gasteiger partial charge in [-0.3, -0.25) is 4.79 Å². The molecule has 0 heterocycles. The predicted molar refractivity (Wildman–Crippen MR) is 144 cm³/mol. The van der Waals surface area contributed by atoms with Crippen LogP contribution in [-0.4, -0.2) is 23.0 Å². The SMILES string of the molecule is CCCCC(OCc1ccc(C(=O)NC(CCC)C(=O)O)c(-c2ccccc2C)c1)c1ccccc1. The van der Waals surface area contributed by atoms with Crippen LogP contribution in [0.25, 0.3) is 11.1 Å². The Hall–Kier alpha value is -3.44. The average molecular weight is 488 g/mol. The monoisotopic (exact) mass is 487 g/mol. The lowest BCUT2D eigenvalue weighted by Gasteiger charge is -2.20. The van der Waals surface area contributed by atoms with Gasteiger partial charge < -0.3 is 15.2 Å². The summed E-state index contributed by atoms with van der Waals surface area (Å²) in [4.78, 5) is 24.8. The van der Waals surface area contributed by atoms with Gasteiger partial charge in [0.2, 0.25) is 0 Å². The molecule has 0 aliphatic carbocycles. The molecule has 0 aliphatic heterocycles. The topological polar surface area (TPSA) is 75.6 Å². The number of ether oxygens (including phenoxy) is 1. The standard InChI is InChI=1S/C31H37NO4/c1-4-6-17-29(24-14-8-7-9-15-24)36-21-23-18-19-26(30(33)32-28(12-5-2)31(34)35)27(20-23)25-16-11-10-13-22(25)3/h7-11,13-16,18-20,28-29H,4-6,12,17,21H2,1-3H3,(H,32,33)(H,34,35). The Bertz CT molecular complexity index is 1140. The molecule has 0 saturated carbocycles. The van der Waals surface area contributed by atoms with E-state index < -0.39 is 12.0 Å². The largest absolute Gasteiger partial charge is 0.480 e. The highest BCUT2D eigenvalue weighted by molar-refractivity contribution is 6.02. The first-order valence-electron chi connectivity index (χ1n) is 12.8. The molecule has 0 fully saturated rings. The number of benzene rings is 3. The third-order valence-corrected chi connectivity index (χ3v) is 6.39. The molecule has 5 heteroatoms. The number of unbranched alkanes of at least 4 members (excludes halogenated alkanes) is 1. The molecule has 0 spiro atoms. The van der Waals surface area contributed by atoms with Crippen molar-refractivity contribution in [3.05, 3.63) is 95.1 Å². The van der Waals surface area contributed by atoms with Gasteiger partial charge in [0.25, 0.3) is 5.91 Å². The van der Waals surface area contributed by atoms with E-state index in [0.717, 1.165) is 47.1 Å². The summed E-state index contributed by atoms with van der Waals surface area (Å²) < 4.78 is 6.39. The normalized spacial score (nSPS) is 12.6. The molecule has 0 aromatic heterocycles. The number of hydrogen-bond acceptors (Lipinski definition) is 3. The lowest BCUT2D eigenvalue weighted by molar-refractivity contribution is -0.139. The first-order valence-corrected chi connectivity index (χ1v) is 12.8. The number of rotatable bonds is 13. The van der Waals surface area contributed by atoms with Crippen LogP contribution in [0.15, 0.2) is 72.8 Å². The van der Waals surface area contributed by atoms with E-state index in [2.05, 4.69) is 24.4 Å². The van der Waals surface area contributed by atoms with Gasteiger partial charge in [0, 0.05) is 5.56 Å². The van der Waals surface area contributed by atoms with Crippen LogP contribution < -0.4 is 5.32 Å². The summed E-state index contributed by atoms with van der Waals surface area (Å²) in [5, 5.41) is 12.2. The number of hydrogen-bond donors (Lipinski definition) is 2. The number of carbonyl (C=O) groups excluding carboxylic acids is 1. The first-order chi connectivity index (χ1) is 17.4. The van der Waals surface area contributed by atoms with Gasteiger partial charge in [-0.1, -0.05) is 93.8 Å². The minimum atomic E-state index is -1.02. The van der Waals surface area contributed by atoms with E-state index in [-0.39, 0.29) is 12.0 Å². The van der Waals surface area contributed by atoms with Crippen molar-refractivity contribution in [3.8, 4) is 11.1 Å². The highest BCUT2D eigenvalue weighted by Crippen LogP contribution is 2.30. The highest BCUT2D eigenvalue weighted by Gasteiger charge is 2.22. The summed E-state index contributed by atoms with van der Waals surface area (Å²) in [6, 6.07) is 22.9. The lowest BCUT2D eigenvalue weighted by atomic mass is 9.93. The Morgan fingerprint density at radius 1 is 0.889 bits per heavy atom. The quantitative estimate of drug-likeness (QED) is 0.270. The van der Waals surface area contributed by atoms with Crippen LogP contribution in [0.1, 0.15) is 79.1 Å². The molecule has 0 bridgehead atoms. The van der Waals surface area contributed by atoms with E-state index in [9.17, 15) is 14.7 Å². The smallest absolute Gasteiger partial charge is 0.326 e. The van der Waals surface area contributed by atoms with Crippen molar-refractivity contribution in [3.63, 3.8) is 0 Å². The second-order valence-electron chi connectivity index (χ2n) is 9.20. The van der Waals surface area contributed by atoms with Crippen LogP contribution in [0.5, 0.6) is 0 Å². The number of carboxylic acid groups (broad SMARTS) is 1. The van der Waals surface area contributed by atoms with E-state index in [1.54, 1.807) is 6.07 Å². The Morgan fingerprint density at radius 2 is 1.61 bits per heavy atom. The van der Waals surface area contributed by atoms with E-state index >= 15 is 0 Å². The van der Waals surface area contributed by atoms with Gasteiger partial charge in [0.05, 0.1) is 12.7 Å². The number of aryl methyl sites for hydroxylation is 1. The minimum absolute atomic E-state index is 0.00130. The molecule has 0 saturated heterocycles. The van der Waals surface area contributed by atoms with Crippen LogP contribution in [-0.2, 0) is 16.1 Å². The third-order valence-electron chi connectivity index (χ3n) is 6.39. The molecule has 190 valence electrons. The predicted octanol–water partition coefficient (Wildman–Crippen LogP) is 7.09. The van der Waals surface area contributed by atoms with E-state index in [1.165, 1.54) is 0 Å². The fourth-order valence-corrected chi connectivity index (χ4v) is 4.36. The summed E-state index contributed by atoms with van der Waals surface area (Å²) in [5.74, 6) is -1.40. The molecule has 3 aromatic carbocycles. The maximum atomic E-state index is 13.2. The number of aliphatic carboxylic acids is 1. The van der Waals surface area contributed by atoms with Crippen molar-refractivity contribution in [2.45, 2.75) is 71.6 Å². The summed E-state index contributed by atoms with van der Waals surface area (Å²) >= 11 is 0. The number of carboxylic acids is 1. The molecule has 3 rings (SSSR count). The van der Waals surface area contributed by atoms with Gasteiger partial charge in [0.1, 0.15) is 6.04 Å². The molecular formula is C31H37NO4.